The molecule has 0 radical (unpaired) electrons. The summed E-state index contributed by atoms with van der Waals surface area (Å²) in [7, 11) is 0. The lowest BCUT2D eigenvalue weighted by Crippen LogP contribution is -2.54. The van der Waals surface area contributed by atoms with Crippen LogP contribution in [0.1, 0.15) is 49.5 Å². The highest BCUT2D eigenvalue weighted by molar-refractivity contribution is 6.25. The Kier molecular flexibility index (Phi) is 14.4. The van der Waals surface area contributed by atoms with E-state index in [2.05, 4.69) is 21.3 Å². The molecule has 66 heavy (non-hydrogen) atoms. The smallest absolute Gasteiger partial charge is 0.264 e. The van der Waals surface area contributed by atoms with Crippen LogP contribution in [0.4, 0.5) is 22.9 Å². The minimum absolute atomic E-state index is 0.0481. The number of amides is 6. The van der Waals surface area contributed by atoms with Gasteiger partial charge in [0.25, 0.3) is 17.7 Å². The van der Waals surface area contributed by atoms with Crippen molar-refractivity contribution in [2.24, 2.45) is 5.73 Å². The van der Waals surface area contributed by atoms with Crippen molar-refractivity contribution in [2.75, 3.05) is 75.4 Å². The predicted octanol–water partition coefficient (Wildman–Crippen LogP) is 4.26. The number of para-hydroxylation sites is 1. The van der Waals surface area contributed by atoms with Crippen molar-refractivity contribution in [3.63, 3.8) is 0 Å². The Morgan fingerprint density at radius 3 is 2.20 bits per heavy atom. The first-order chi connectivity index (χ1) is 32.1. The first-order valence-corrected chi connectivity index (χ1v) is 21.5. The van der Waals surface area contributed by atoms with Crippen LogP contribution < -0.4 is 31.7 Å². The molecule has 1 unspecified atom stereocenters. The van der Waals surface area contributed by atoms with E-state index in [1.165, 1.54) is 6.07 Å². The molecule has 1 aromatic heterocycles. The summed E-state index contributed by atoms with van der Waals surface area (Å²) in [5.41, 5.74) is 10.5. The third kappa shape index (κ3) is 10.6. The fraction of sp³-hybridized carbons (Fsp3) is 0.298. The highest BCUT2D eigenvalue weighted by Gasteiger charge is 2.45. The van der Waals surface area contributed by atoms with Crippen LogP contribution in [0.3, 0.4) is 0 Å². The fourth-order valence-electron chi connectivity index (χ4n) is 7.79. The lowest BCUT2D eigenvalue weighted by molar-refractivity contribution is -0.136. The fourth-order valence-corrected chi connectivity index (χ4v) is 7.79. The highest BCUT2D eigenvalue weighted by Crippen LogP contribution is 2.36. The van der Waals surface area contributed by atoms with Crippen LogP contribution in [0.2, 0.25) is 0 Å². The van der Waals surface area contributed by atoms with E-state index in [0.29, 0.717) is 86.9 Å². The maximum Gasteiger partial charge on any atom is 0.264 e. The van der Waals surface area contributed by atoms with Gasteiger partial charge in [-0.3, -0.25) is 39.0 Å². The zero-order valence-electron chi connectivity index (χ0n) is 35.8. The zero-order valence-corrected chi connectivity index (χ0v) is 35.8. The number of fused-ring (bicyclic) bond motifs is 3. The molecule has 4 heterocycles. The maximum atomic E-state index is 13.2. The first-order valence-electron chi connectivity index (χ1n) is 21.5. The SMILES string of the molecule is NC(=O)c1c(-c2ccc(Oc3ccccc3)cc2)nn2c1Nc1ccc(NC(=O)COCCOCCOCCOCCNc3cccc4c3C(=O)N(C3CCC(=O)NC3=O)C4=O)cc1CC2. The van der Waals surface area contributed by atoms with E-state index < -0.39 is 35.6 Å². The molecule has 8 rings (SSSR count). The second-order valence-electron chi connectivity index (χ2n) is 15.4. The van der Waals surface area contributed by atoms with Crippen LogP contribution in [-0.4, -0.2) is 116 Å². The van der Waals surface area contributed by atoms with Gasteiger partial charge in [-0.15, -0.1) is 0 Å². The van der Waals surface area contributed by atoms with E-state index in [0.717, 1.165) is 21.7 Å². The van der Waals surface area contributed by atoms with E-state index in [-0.39, 0.29) is 55.3 Å². The molecule has 1 fully saturated rings. The van der Waals surface area contributed by atoms with E-state index >= 15 is 0 Å². The van der Waals surface area contributed by atoms with Gasteiger partial charge in [-0.25, -0.2) is 4.68 Å². The average Bonchev–Trinajstić information content (AvgIpc) is 3.73. The summed E-state index contributed by atoms with van der Waals surface area (Å²) in [6.07, 6.45) is 0.709. The number of nitrogens with one attached hydrogen (secondary N) is 4. The summed E-state index contributed by atoms with van der Waals surface area (Å²) in [5, 5.41) is 16.3. The number of hydrogen-bond donors (Lipinski definition) is 5. The summed E-state index contributed by atoms with van der Waals surface area (Å²) >= 11 is 0. The molecule has 1 atom stereocenters. The molecule has 0 bridgehead atoms. The predicted molar refractivity (Wildman–Crippen MR) is 240 cm³/mol. The molecule has 1 saturated heterocycles. The van der Waals surface area contributed by atoms with Crippen molar-refractivity contribution >= 4 is 58.3 Å². The normalized spacial score (nSPS) is 15.3. The highest BCUT2D eigenvalue weighted by atomic mass is 16.6. The molecule has 5 aromatic rings. The van der Waals surface area contributed by atoms with Crippen LogP contribution in [0.5, 0.6) is 11.5 Å². The molecule has 19 nitrogen and oxygen atoms in total. The number of aromatic nitrogens is 2. The summed E-state index contributed by atoms with van der Waals surface area (Å²) in [4.78, 5) is 76.6. The van der Waals surface area contributed by atoms with E-state index in [1.807, 2.05) is 66.7 Å². The van der Waals surface area contributed by atoms with Crippen molar-refractivity contribution in [2.45, 2.75) is 31.8 Å². The zero-order chi connectivity index (χ0) is 46.0. The van der Waals surface area contributed by atoms with Gasteiger partial charge in [0.1, 0.15) is 41.2 Å². The molecular formula is C47H48N8O11. The third-order valence-corrected chi connectivity index (χ3v) is 10.9. The summed E-state index contributed by atoms with van der Waals surface area (Å²) in [6.45, 7) is 2.72. The summed E-state index contributed by atoms with van der Waals surface area (Å²) in [5.74, 6) is -1.32. The van der Waals surface area contributed by atoms with E-state index in [1.54, 1.807) is 22.9 Å². The van der Waals surface area contributed by atoms with Gasteiger partial charge in [-0.2, -0.15) is 5.10 Å². The largest absolute Gasteiger partial charge is 0.457 e. The Morgan fingerprint density at radius 1 is 0.758 bits per heavy atom. The lowest BCUT2D eigenvalue weighted by atomic mass is 10.0. The molecule has 3 aliphatic heterocycles. The number of aryl methyl sites for hydroxylation is 2. The summed E-state index contributed by atoms with van der Waals surface area (Å²) < 4.78 is 29.8. The molecular weight excluding hydrogens is 853 g/mol. The molecule has 0 saturated carbocycles. The Morgan fingerprint density at radius 2 is 1.47 bits per heavy atom. The number of piperidine rings is 1. The van der Waals surface area contributed by atoms with E-state index in [4.69, 9.17) is 34.5 Å². The number of carbonyl (C=O) groups excluding carboxylic acids is 6. The number of ether oxygens (including phenoxy) is 5. The quantitative estimate of drug-likeness (QED) is 0.0511. The second-order valence-corrected chi connectivity index (χ2v) is 15.4. The lowest BCUT2D eigenvalue weighted by Gasteiger charge is -2.27. The minimum atomic E-state index is -1.03. The standard InChI is InChI=1S/C47H48N8O11/c48-43(58)41-42(29-9-12-33(13-10-29)66-32-5-2-1-3-6-32)53-54-19-17-30-27-31(11-14-35(30)51-44(41)54)50-39(57)28-65-26-25-64-24-23-63-22-21-62-20-18-49-36-8-4-7-34-40(36)47(61)55(46(34)60)37-15-16-38(56)52-45(37)59/h1-14,27,37,49,51H,15-26,28H2,(H2,48,58)(H,50,57)(H,52,56,59). The number of imide groups is 2. The number of rotatable bonds is 21. The average molecular weight is 901 g/mol. The number of hydrogen-bond acceptors (Lipinski definition) is 14. The molecule has 4 aromatic carbocycles. The number of carbonyl (C=O) groups is 6. The molecule has 3 aliphatic rings. The van der Waals surface area contributed by atoms with Gasteiger partial charge >= 0.3 is 0 Å². The van der Waals surface area contributed by atoms with Gasteiger partial charge < -0.3 is 45.4 Å². The Hall–Kier alpha value is -7.45. The summed E-state index contributed by atoms with van der Waals surface area (Å²) in [6, 6.07) is 26.1. The van der Waals surface area contributed by atoms with Crippen LogP contribution in [-0.2, 0) is 46.3 Å². The van der Waals surface area contributed by atoms with Gasteiger partial charge in [0.2, 0.25) is 17.7 Å². The maximum absolute atomic E-state index is 13.2. The van der Waals surface area contributed by atoms with Gasteiger partial charge in [0, 0.05) is 42.1 Å². The Labute approximate surface area is 378 Å². The Bertz CT molecular complexity index is 2620. The number of primary amides is 1. The number of nitrogens with zero attached hydrogens (tertiary/aromatic N) is 3. The van der Waals surface area contributed by atoms with Crippen molar-refractivity contribution in [1.29, 1.82) is 0 Å². The molecule has 6 amide bonds. The van der Waals surface area contributed by atoms with Gasteiger partial charge in [-0.1, -0.05) is 24.3 Å². The monoisotopic (exact) mass is 900 g/mol. The van der Waals surface area contributed by atoms with Gasteiger partial charge in [-0.05, 0) is 85.1 Å². The van der Waals surface area contributed by atoms with Gasteiger partial charge in [0.15, 0.2) is 0 Å². The molecule has 0 aliphatic carbocycles. The van der Waals surface area contributed by atoms with Crippen molar-refractivity contribution in [3.05, 3.63) is 113 Å². The van der Waals surface area contributed by atoms with Crippen molar-refractivity contribution in [1.82, 2.24) is 20.0 Å². The van der Waals surface area contributed by atoms with Crippen LogP contribution >= 0.6 is 0 Å². The topological polar surface area (TPSA) is 244 Å². The van der Waals surface area contributed by atoms with Crippen molar-refractivity contribution in [3.8, 4) is 22.8 Å². The third-order valence-electron chi connectivity index (χ3n) is 10.9. The molecule has 6 N–H and O–H groups in total. The minimum Gasteiger partial charge on any atom is -0.457 e. The molecule has 0 spiro atoms. The molecule has 19 heteroatoms. The van der Waals surface area contributed by atoms with Gasteiger partial charge in [0.05, 0.1) is 57.4 Å². The van der Waals surface area contributed by atoms with Crippen LogP contribution in [0, 0.1) is 0 Å². The Balaban J connectivity index is 0.688. The van der Waals surface area contributed by atoms with Crippen molar-refractivity contribution < 1.29 is 52.5 Å². The number of benzene rings is 4. The first kappa shape index (κ1) is 45.1. The number of nitrogens with two attached hydrogens (primary N) is 1. The second kappa shape index (κ2) is 21.0. The van der Waals surface area contributed by atoms with E-state index in [9.17, 15) is 28.8 Å². The van der Waals surface area contributed by atoms with Crippen LogP contribution in [0.15, 0.2) is 91.0 Å². The molecule has 342 valence electrons. The van der Waals surface area contributed by atoms with Crippen LogP contribution in [0.25, 0.3) is 11.3 Å². The number of anilines is 4.